The van der Waals surface area contributed by atoms with Crippen LogP contribution in [0.2, 0.25) is 0 Å². The molecule has 6 aliphatic carbocycles. The number of carbonyl (C=O) groups excluding carboxylic acids is 1. The van der Waals surface area contributed by atoms with Crippen molar-refractivity contribution in [2.24, 2.45) is 16.6 Å². The fourth-order valence-corrected chi connectivity index (χ4v) is 5.24. The zero-order valence-electron chi connectivity index (χ0n) is 17.5. The van der Waals surface area contributed by atoms with Crippen molar-refractivity contribution >= 4 is 30.9 Å². The van der Waals surface area contributed by atoms with Gasteiger partial charge < -0.3 is 15.8 Å². The number of ether oxygens (including phenoxy) is 1. The van der Waals surface area contributed by atoms with E-state index >= 15 is 0 Å². The number of amides is 1. The first-order valence-corrected chi connectivity index (χ1v) is 9.40. The Morgan fingerprint density at radius 3 is 1.40 bits per heavy atom. The van der Waals surface area contributed by atoms with Crippen molar-refractivity contribution in [2.45, 2.75) is 109 Å². The van der Waals surface area contributed by atoms with Crippen LogP contribution < -0.4 is 11.1 Å². The van der Waals surface area contributed by atoms with Crippen molar-refractivity contribution in [3.63, 3.8) is 0 Å². The molecule has 4 nitrogen and oxygen atoms in total. The first-order valence-electron chi connectivity index (χ1n) is 9.40. The van der Waals surface area contributed by atoms with E-state index in [-0.39, 0.29) is 37.8 Å². The molecular formula is C20H36Cl2F4N2O2. The summed E-state index contributed by atoms with van der Waals surface area (Å²) in [5.41, 5.74) is 2.89. The van der Waals surface area contributed by atoms with Crippen molar-refractivity contribution in [1.82, 2.24) is 5.32 Å². The van der Waals surface area contributed by atoms with E-state index in [1.807, 2.05) is 0 Å². The van der Waals surface area contributed by atoms with Crippen LogP contribution in [0.25, 0.3) is 0 Å². The van der Waals surface area contributed by atoms with Gasteiger partial charge in [0.15, 0.2) is 0 Å². The maximum atomic E-state index is 13.2. The van der Waals surface area contributed by atoms with Gasteiger partial charge in [-0.2, -0.15) is 0 Å². The molecule has 6 rings (SSSR count). The van der Waals surface area contributed by atoms with Gasteiger partial charge in [0.1, 0.15) is 5.60 Å². The summed E-state index contributed by atoms with van der Waals surface area (Å²) in [5.74, 6) is -5.15. The van der Waals surface area contributed by atoms with Gasteiger partial charge >= 0.3 is 6.09 Å². The Balaban J connectivity index is 0.000000561. The number of rotatable bonds is 3. The second-order valence-corrected chi connectivity index (χ2v) is 10.7. The van der Waals surface area contributed by atoms with Crippen LogP contribution in [0.4, 0.5) is 22.4 Å². The van der Waals surface area contributed by atoms with Crippen LogP contribution in [0.15, 0.2) is 0 Å². The van der Waals surface area contributed by atoms with E-state index in [9.17, 15) is 22.4 Å². The SMILES string of the molecule is C.CC(C)(C)OC(=O)NC12CC(C(C)(F)F)(C1)C2.CC(F)(F)C12CC(N)(C1)C2.Cl.Cl. The Hall–Kier alpha value is -0.470. The van der Waals surface area contributed by atoms with Gasteiger partial charge in [0, 0.05) is 21.9 Å². The van der Waals surface area contributed by atoms with Crippen LogP contribution >= 0.6 is 24.8 Å². The molecule has 3 N–H and O–H groups in total. The Labute approximate surface area is 189 Å². The lowest BCUT2D eigenvalue weighted by Crippen LogP contribution is -2.79. The minimum absolute atomic E-state index is 0. The minimum Gasteiger partial charge on any atom is -0.444 e. The second kappa shape index (κ2) is 7.84. The highest BCUT2D eigenvalue weighted by atomic mass is 35.5. The lowest BCUT2D eigenvalue weighted by molar-refractivity contribution is -0.274. The van der Waals surface area contributed by atoms with Gasteiger partial charge in [0.05, 0.1) is 0 Å². The van der Waals surface area contributed by atoms with Crippen LogP contribution in [0.5, 0.6) is 0 Å². The summed E-state index contributed by atoms with van der Waals surface area (Å²) in [7, 11) is 0. The fraction of sp³-hybridized carbons (Fsp3) is 0.950. The van der Waals surface area contributed by atoms with E-state index in [0.717, 1.165) is 13.8 Å². The van der Waals surface area contributed by atoms with Crippen molar-refractivity contribution < 1.29 is 27.1 Å². The molecule has 6 saturated carbocycles. The van der Waals surface area contributed by atoms with Gasteiger partial charge in [-0.25, -0.2) is 22.4 Å². The van der Waals surface area contributed by atoms with Crippen molar-refractivity contribution in [3.8, 4) is 0 Å². The zero-order chi connectivity index (χ0) is 20.7. The van der Waals surface area contributed by atoms with E-state index in [4.69, 9.17) is 10.5 Å². The maximum Gasteiger partial charge on any atom is 0.408 e. The number of hydrogen-bond acceptors (Lipinski definition) is 3. The Kier molecular flexibility index (Phi) is 7.71. The molecule has 4 bridgehead atoms. The predicted octanol–water partition coefficient (Wildman–Crippen LogP) is 6.09. The Bertz CT molecular complexity index is 617. The number of carbonyl (C=O) groups is 1. The number of halogens is 6. The van der Waals surface area contributed by atoms with Crippen LogP contribution in [-0.4, -0.2) is 34.6 Å². The van der Waals surface area contributed by atoms with Crippen LogP contribution in [-0.2, 0) is 4.74 Å². The third-order valence-corrected chi connectivity index (χ3v) is 6.73. The molecule has 0 saturated heterocycles. The van der Waals surface area contributed by atoms with Gasteiger partial charge in [0.25, 0.3) is 11.8 Å². The molecule has 6 fully saturated rings. The van der Waals surface area contributed by atoms with Crippen molar-refractivity contribution in [3.05, 3.63) is 0 Å². The van der Waals surface area contributed by atoms with Crippen molar-refractivity contribution in [1.29, 1.82) is 0 Å². The standard InChI is InChI=1S/C12H19F2NO2.C7H11F2N.CH4.2ClH/c1-9(2,3)17-8(16)15-12-5-11(6-12,7-12)10(4,13)14;1-5(8,9)6-2-7(10,3-6)4-6;;;/h5-7H2,1-4H3,(H,15,16);2-4,10H2,1H3;1H4;2*1H. The largest absolute Gasteiger partial charge is 0.444 e. The van der Waals surface area contributed by atoms with E-state index in [0.29, 0.717) is 38.5 Å². The lowest BCUT2D eigenvalue weighted by atomic mass is 9.37. The molecule has 0 spiro atoms. The molecule has 0 unspecified atom stereocenters. The molecule has 1 amide bonds. The third-order valence-electron chi connectivity index (χ3n) is 6.73. The normalized spacial score (nSPS) is 37.4. The summed E-state index contributed by atoms with van der Waals surface area (Å²) < 4.78 is 57.0. The Morgan fingerprint density at radius 2 is 1.17 bits per heavy atom. The number of nitrogens with two attached hydrogens (primary N) is 1. The van der Waals surface area contributed by atoms with E-state index in [1.165, 1.54) is 0 Å². The smallest absolute Gasteiger partial charge is 0.408 e. The summed E-state index contributed by atoms with van der Waals surface area (Å²) in [6, 6.07) is 0. The second-order valence-electron chi connectivity index (χ2n) is 10.7. The monoisotopic (exact) mass is 482 g/mol. The highest BCUT2D eigenvalue weighted by Crippen LogP contribution is 2.73. The summed E-state index contributed by atoms with van der Waals surface area (Å²) in [4.78, 5) is 11.5. The fourth-order valence-electron chi connectivity index (χ4n) is 5.24. The average Bonchev–Trinajstić information content (AvgIpc) is 2.22. The van der Waals surface area contributed by atoms with E-state index in [2.05, 4.69) is 5.32 Å². The lowest BCUT2D eigenvalue weighted by Gasteiger charge is -2.71. The summed E-state index contributed by atoms with van der Waals surface area (Å²) in [5, 5.41) is 2.72. The molecule has 0 aromatic rings. The molecule has 0 radical (unpaired) electrons. The van der Waals surface area contributed by atoms with E-state index in [1.54, 1.807) is 20.8 Å². The maximum absolute atomic E-state index is 13.2. The molecule has 0 aromatic carbocycles. The third kappa shape index (κ3) is 4.80. The first kappa shape index (κ1) is 29.5. The number of alkyl halides is 4. The number of hydrogen-bond donors (Lipinski definition) is 2. The van der Waals surface area contributed by atoms with Gasteiger partial charge in [-0.1, -0.05) is 7.43 Å². The summed E-state index contributed by atoms with van der Waals surface area (Å²) in [6.07, 6.45) is 2.18. The van der Waals surface area contributed by atoms with E-state index < -0.39 is 39.9 Å². The van der Waals surface area contributed by atoms with Gasteiger partial charge in [-0.3, -0.25) is 0 Å². The molecule has 0 aliphatic heterocycles. The van der Waals surface area contributed by atoms with Crippen LogP contribution in [0.1, 0.15) is 80.6 Å². The quantitative estimate of drug-likeness (QED) is 0.478. The predicted molar refractivity (Wildman–Crippen MR) is 114 cm³/mol. The molecule has 0 atom stereocenters. The topological polar surface area (TPSA) is 64.3 Å². The molecule has 30 heavy (non-hydrogen) atoms. The van der Waals surface area contributed by atoms with Crippen LogP contribution in [0, 0.1) is 10.8 Å². The molecule has 0 heterocycles. The average molecular weight is 483 g/mol. The first-order chi connectivity index (χ1) is 11.8. The summed E-state index contributed by atoms with van der Waals surface area (Å²) >= 11 is 0. The number of alkyl carbamates (subject to hydrolysis) is 1. The molecule has 10 heteroatoms. The van der Waals surface area contributed by atoms with Gasteiger partial charge in [0.2, 0.25) is 0 Å². The minimum atomic E-state index is -2.65. The summed E-state index contributed by atoms with van der Waals surface area (Å²) in [6.45, 7) is 7.29. The highest BCUT2D eigenvalue weighted by Gasteiger charge is 2.76. The van der Waals surface area contributed by atoms with Crippen molar-refractivity contribution in [2.75, 3.05) is 0 Å². The Morgan fingerprint density at radius 1 is 0.833 bits per heavy atom. The van der Waals surface area contributed by atoms with Crippen LogP contribution in [0.3, 0.4) is 0 Å². The number of nitrogens with one attached hydrogen (secondary N) is 1. The zero-order valence-corrected chi connectivity index (χ0v) is 19.1. The van der Waals surface area contributed by atoms with Gasteiger partial charge in [-0.15, -0.1) is 24.8 Å². The molecule has 0 aromatic heterocycles. The van der Waals surface area contributed by atoms with Gasteiger partial charge in [-0.05, 0) is 73.1 Å². The molecule has 180 valence electrons. The molecular weight excluding hydrogens is 447 g/mol. The highest BCUT2D eigenvalue weighted by molar-refractivity contribution is 5.85. The molecule has 6 aliphatic rings.